The molecule has 0 spiro atoms. The molecule has 0 aliphatic carbocycles. The number of aromatic nitrogens is 4. The molecule has 7 nitrogen and oxygen atoms in total. The molecule has 3 rings (SSSR count). The lowest BCUT2D eigenvalue weighted by Gasteiger charge is -2.16. The first kappa shape index (κ1) is 20.5. The standard InChI is InChI=1S/C22H27N5O2/c1-6-19-17(5)24-22(27-16(4)11-15(3)25-27)26(21(19)29)13-20(28)23-12-18-9-7-14(2)8-10-18/h7-11H,6,12-13H2,1-5H3,(H,23,28). The van der Waals surface area contributed by atoms with Gasteiger partial charge in [-0.1, -0.05) is 36.8 Å². The van der Waals surface area contributed by atoms with Crippen molar-refractivity contribution in [3.05, 3.63) is 74.5 Å². The van der Waals surface area contributed by atoms with Crippen molar-refractivity contribution >= 4 is 5.91 Å². The van der Waals surface area contributed by atoms with E-state index in [-0.39, 0.29) is 18.0 Å². The molecule has 1 N–H and O–H groups in total. The molecule has 0 atom stereocenters. The molecular weight excluding hydrogens is 366 g/mol. The van der Waals surface area contributed by atoms with Gasteiger partial charge in [-0.3, -0.25) is 14.2 Å². The number of carbonyl (C=O) groups is 1. The van der Waals surface area contributed by atoms with Gasteiger partial charge < -0.3 is 5.32 Å². The van der Waals surface area contributed by atoms with Gasteiger partial charge in [0.15, 0.2) is 0 Å². The highest BCUT2D eigenvalue weighted by Gasteiger charge is 2.18. The van der Waals surface area contributed by atoms with Gasteiger partial charge in [-0.2, -0.15) is 5.10 Å². The first-order valence-electron chi connectivity index (χ1n) is 9.76. The Balaban J connectivity index is 1.92. The largest absolute Gasteiger partial charge is 0.350 e. The molecule has 0 saturated carbocycles. The molecule has 0 fully saturated rings. The van der Waals surface area contributed by atoms with Crippen molar-refractivity contribution in [2.75, 3.05) is 0 Å². The predicted octanol–water partition coefficient (Wildman–Crippen LogP) is 2.54. The van der Waals surface area contributed by atoms with E-state index in [9.17, 15) is 9.59 Å². The molecule has 7 heteroatoms. The minimum atomic E-state index is -0.247. The van der Waals surface area contributed by atoms with Crippen LogP contribution in [0.5, 0.6) is 0 Å². The van der Waals surface area contributed by atoms with E-state index in [0.717, 1.165) is 17.0 Å². The second kappa shape index (κ2) is 8.43. The molecule has 1 aromatic carbocycles. The van der Waals surface area contributed by atoms with Crippen LogP contribution < -0.4 is 10.9 Å². The van der Waals surface area contributed by atoms with Crippen LogP contribution in [0.1, 0.15) is 40.7 Å². The Hall–Kier alpha value is -3.22. The third-order valence-corrected chi connectivity index (χ3v) is 4.91. The van der Waals surface area contributed by atoms with E-state index >= 15 is 0 Å². The van der Waals surface area contributed by atoms with Gasteiger partial charge >= 0.3 is 0 Å². The highest BCUT2D eigenvalue weighted by Crippen LogP contribution is 2.12. The maximum absolute atomic E-state index is 13.1. The molecule has 2 heterocycles. The summed E-state index contributed by atoms with van der Waals surface area (Å²) >= 11 is 0. The van der Waals surface area contributed by atoms with Crippen LogP contribution in [0.3, 0.4) is 0 Å². The Morgan fingerprint density at radius 3 is 2.38 bits per heavy atom. The highest BCUT2D eigenvalue weighted by molar-refractivity contribution is 5.76. The maximum Gasteiger partial charge on any atom is 0.258 e. The molecule has 0 unspecified atom stereocenters. The summed E-state index contributed by atoms with van der Waals surface area (Å²) in [6.45, 7) is 9.82. The molecule has 0 radical (unpaired) electrons. The summed E-state index contributed by atoms with van der Waals surface area (Å²) in [5, 5.41) is 7.34. The molecule has 152 valence electrons. The lowest BCUT2D eigenvalue weighted by molar-refractivity contribution is -0.121. The van der Waals surface area contributed by atoms with Crippen LogP contribution in [0, 0.1) is 27.7 Å². The van der Waals surface area contributed by atoms with Crippen LogP contribution >= 0.6 is 0 Å². The molecule has 1 amide bonds. The van der Waals surface area contributed by atoms with Gasteiger partial charge in [-0.15, -0.1) is 0 Å². The zero-order chi connectivity index (χ0) is 21.1. The van der Waals surface area contributed by atoms with Crippen molar-refractivity contribution in [1.82, 2.24) is 24.6 Å². The smallest absolute Gasteiger partial charge is 0.258 e. The molecule has 0 aliphatic rings. The first-order chi connectivity index (χ1) is 13.8. The van der Waals surface area contributed by atoms with E-state index in [1.165, 1.54) is 10.1 Å². The number of hydrogen-bond donors (Lipinski definition) is 1. The Labute approximate surface area is 170 Å². The summed E-state index contributed by atoms with van der Waals surface area (Å²) in [5.74, 6) is 0.115. The number of nitrogens with zero attached hydrogens (tertiary/aromatic N) is 4. The first-order valence-corrected chi connectivity index (χ1v) is 9.76. The molecule has 0 aliphatic heterocycles. The second-order valence-corrected chi connectivity index (χ2v) is 7.32. The van der Waals surface area contributed by atoms with Crippen LogP contribution in [-0.2, 0) is 24.3 Å². The van der Waals surface area contributed by atoms with Crippen LogP contribution in [0.25, 0.3) is 5.95 Å². The number of aryl methyl sites for hydroxylation is 4. The monoisotopic (exact) mass is 393 g/mol. The fraction of sp³-hybridized carbons (Fsp3) is 0.364. The SMILES string of the molecule is CCc1c(C)nc(-n2nc(C)cc2C)n(CC(=O)NCc2ccc(C)cc2)c1=O. The molecular formula is C22H27N5O2. The van der Waals surface area contributed by atoms with Crippen molar-refractivity contribution in [3.63, 3.8) is 0 Å². The Morgan fingerprint density at radius 1 is 1.10 bits per heavy atom. The van der Waals surface area contributed by atoms with Crippen LogP contribution in [0.4, 0.5) is 0 Å². The Bertz CT molecular complexity index is 1090. The lowest BCUT2D eigenvalue weighted by Crippen LogP contribution is -2.36. The zero-order valence-electron chi connectivity index (χ0n) is 17.6. The molecule has 0 saturated heterocycles. The van der Waals surface area contributed by atoms with E-state index < -0.39 is 0 Å². The van der Waals surface area contributed by atoms with Crippen LogP contribution in [-0.4, -0.2) is 25.2 Å². The van der Waals surface area contributed by atoms with Gasteiger partial charge in [0.05, 0.1) is 11.4 Å². The fourth-order valence-corrected chi connectivity index (χ4v) is 3.34. The second-order valence-electron chi connectivity index (χ2n) is 7.32. The number of nitrogens with one attached hydrogen (secondary N) is 1. The minimum Gasteiger partial charge on any atom is -0.350 e. The van der Waals surface area contributed by atoms with Crippen molar-refractivity contribution in [3.8, 4) is 5.95 Å². The van der Waals surface area contributed by atoms with Gasteiger partial charge in [-0.25, -0.2) is 9.67 Å². The van der Waals surface area contributed by atoms with Gasteiger partial charge in [0, 0.05) is 17.8 Å². The number of benzene rings is 1. The van der Waals surface area contributed by atoms with Gasteiger partial charge in [0.2, 0.25) is 11.9 Å². The quantitative estimate of drug-likeness (QED) is 0.698. The molecule has 3 aromatic rings. The number of hydrogen-bond acceptors (Lipinski definition) is 4. The highest BCUT2D eigenvalue weighted by atomic mass is 16.2. The summed E-state index contributed by atoms with van der Waals surface area (Å²) in [4.78, 5) is 30.3. The molecule has 0 bridgehead atoms. The maximum atomic E-state index is 13.1. The normalized spacial score (nSPS) is 10.9. The summed E-state index contributed by atoms with van der Waals surface area (Å²) in [6, 6.07) is 9.88. The van der Waals surface area contributed by atoms with Crippen molar-refractivity contribution < 1.29 is 4.79 Å². The van der Waals surface area contributed by atoms with Gasteiger partial charge in [0.1, 0.15) is 6.54 Å². The van der Waals surface area contributed by atoms with E-state index in [1.807, 2.05) is 65.0 Å². The number of amides is 1. The Kier molecular flexibility index (Phi) is 5.96. The van der Waals surface area contributed by atoms with Crippen LogP contribution in [0.15, 0.2) is 35.1 Å². The van der Waals surface area contributed by atoms with Crippen molar-refractivity contribution in [1.29, 1.82) is 0 Å². The third kappa shape index (κ3) is 4.45. The number of carbonyl (C=O) groups excluding carboxylic acids is 1. The van der Waals surface area contributed by atoms with E-state index in [4.69, 9.17) is 0 Å². The molecule has 2 aromatic heterocycles. The summed E-state index contributed by atoms with van der Waals surface area (Å²) in [7, 11) is 0. The van der Waals surface area contributed by atoms with E-state index in [0.29, 0.717) is 30.2 Å². The van der Waals surface area contributed by atoms with Gasteiger partial charge in [-0.05, 0) is 45.7 Å². The minimum absolute atomic E-state index is 0.112. The summed E-state index contributed by atoms with van der Waals surface area (Å²) in [5.41, 5.74) is 4.92. The van der Waals surface area contributed by atoms with Crippen molar-refractivity contribution in [2.24, 2.45) is 0 Å². The third-order valence-electron chi connectivity index (χ3n) is 4.91. The van der Waals surface area contributed by atoms with E-state index in [2.05, 4.69) is 15.4 Å². The summed E-state index contributed by atoms with van der Waals surface area (Å²) in [6.07, 6.45) is 0.556. The number of rotatable bonds is 6. The molecule has 29 heavy (non-hydrogen) atoms. The zero-order valence-corrected chi connectivity index (χ0v) is 17.6. The van der Waals surface area contributed by atoms with Crippen molar-refractivity contribution in [2.45, 2.75) is 54.1 Å². The average molecular weight is 393 g/mol. The van der Waals surface area contributed by atoms with Crippen LogP contribution in [0.2, 0.25) is 0 Å². The fourth-order valence-electron chi connectivity index (χ4n) is 3.34. The topological polar surface area (TPSA) is 81.8 Å². The van der Waals surface area contributed by atoms with Gasteiger partial charge in [0.25, 0.3) is 5.56 Å². The van der Waals surface area contributed by atoms with E-state index in [1.54, 1.807) is 4.68 Å². The average Bonchev–Trinajstić information content (AvgIpc) is 3.01. The lowest BCUT2D eigenvalue weighted by atomic mass is 10.1. The summed E-state index contributed by atoms with van der Waals surface area (Å²) < 4.78 is 3.03. The Morgan fingerprint density at radius 2 is 1.79 bits per heavy atom. The predicted molar refractivity (Wildman–Crippen MR) is 112 cm³/mol.